The Balaban J connectivity index is 1.68. The van der Waals surface area contributed by atoms with Gasteiger partial charge in [0.1, 0.15) is 5.82 Å². The molecule has 0 aromatic heterocycles. The quantitative estimate of drug-likeness (QED) is 0.664. The fourth-order valence-corrected chi connectivity index (χ4v) is 6.11. The summed E-state index contributed by atoms with van der Waals surface area (Å²) >= 11 is 0. The van der Waals surface area contributed by atoms with Crippen molar-refractivity contribution in [2.24, 2.45) is 0 Å². The highest BCUT2D eigenvalue weighted by Gasteiger charge is 2.33. The van der Waals surface area contributed by atoms with Gasteiger partial charge in [0.25, 0.3) is 0 Å². The van der Waals surface area contributed by atoms with Crippen LogP contribution in [0, 0.1) is 5.82 Å². The molecule has 9 heteroatoms. The molecule has 1 heterocycles. The Morgan fingerprint density at radius 3 is 1.59 bits per heavy atom. The molecule has 29 heavy (non-hydrogen) atoms. The Labute approximate surface area is 172 Å². The first-order valence-corrected chi connectivity index (χ1v) is 12.5. The summed E-state index contributed by atoms with van der Waals surface area (Å²) < 4.78 is 66.8. The minimum atomic E-state index is -3.78. The van der Waals surface area contributed by atoms with E-state index in [1.165, 1.54) is 20.7 Å². The Morgan fingerprint density at radius 2 is 1.17 bits per heavy atom. The van der Waals surface area contributed by atoms with Crippen LogP contribution in [-0.4, -0.2) is 51.6 Å². The molecule has 2 aromatic rings. The van der Waals surface area contributed by atoms with Gasteiger partial charge in [0.2, 0.25) is 20.0 Å². The van der Waals surface area contributed by atoms with Crippen LogP contribution in [-0.2, 0) is 26.5 Å². The lowest BCUT2D eigenvalue weighted by atomic mass is 10.1. The molecule has 0 saturated carbocycles. The third kappa shape index (κ3) is 4.85. The molecule has 1 fully saturated rings. The van der Waals surface area contributed by atoms with Crippen LogP contribution >= 0.6 is 0 Å². The highest BCUT2D eigenvalue weighted by molar-refractivity contribution is 7.89. The number of halogens is 1. The molecule has 0 amide bonds. The van der Waals surface area contributed by atoms with E-state index in [2.05, 4.69) is 6.92 Å². The maximum Gasteiger partial charge on any atom is 0.243 e. The molecule has 3 rings (SSSR count). The van der Waals surface area contributed by atoms with Gasteiger partial charge in [0.15, 0.2) is 0 Å². The molecule has 1 aliphatic rings. The predicted octanol–water partition coefficient (Wildman–Crippen LogP) is 2.86. The van der Waals surface area contributed by atoms with Gasteiger partial charge in [-0.1, -0.05) is 25.5 Å². The van der Waals surface area contributed by atoms with E-state index < -0.39 is 25.9 Å². The molecule has 0 radical (unpaired) electrons. The van der Waals surface area contributed by atoms with Crippen LogP contribution in [0.4, 0.5) is 4.39 Å². The van der Waals surface area contributed by atoms with Gasteiger partial charge in [-0.05, 0) is 54.8 Å². The third-order valence-electron chi connectivity index (χ3n) is 5.03. The molecule has 1 aliphatic heterocycles. The van der Waals surface area contributed by atoms with Crippen molar-refractivity contribution in [1.29, 1.82) is 0 Å². The smallest absolute Gasteiger partial charge is 0.207 e. The van der Waals surface area contributed by atoms with Crippen LogP contribution in [0.3, 0.4) is 0 Å². The van der Waals surface area contributed by atoms with Gasteiger partial charge in [-0.15, -0.1) is 0 Å². The summed E-state index contributed by atoms with van der Waals surface area (Å²) in [5.74, 6) is -0.513. The third-order valence-corrected chi connectivity index (χ3v) is 8.85. The van der Waals surface area contributed by atoms with Crippen LogP contribution in [0.25, 0.3) is 0 Å². The van der Waals surface area contributed by atoms with E-state index in [0.717, 1.165) is 37.0 Å². The summed E-state index contributed by atoms with van der Waals surface area (Å²) in [6.45, 7) is 2.34. The Morgan fingerprint density at radius 1 is 0.759 bits per heavy atom. The standard InChI is InChI=1S/C20H25FN2O4S2/c1-2-3-4-17-5-9-19(10-6-17)28(24,25)22-13-15-23(16-14-22)29(26,27)20-11-7-18(21)8-12-20/h5-12H,2-4,13-16H2,1H3. The van der Waals surface area contributed by atoms with Gasteiger partial charge in [-0.3, -0.25) is 0 Å². The largest absolute Gasteiger partial charge is 0.243 e. The van der Waals surface area contributed by atoms with Crippen molar-refractivity contribution in [2.75, 3.05) is 26.2 Å². The summed E-state index contributed by atoms with van der Waals surface area (Å²) in [4.78, 5) is 0.213. The highest BCUT2D eigenvalue weighted by atomic mass is 32.2. The molecule has 0 bridgehead atoms. The van der Waals surface area contributed by atoms with Crippen molar-refractivity contribution < 1.29 is 21.2 Å². The van der Waals surface area contributed by atoms with E-state index in [0.29, 0.717) is 0 Å². The number of rotatable bonds is 7. The second kappa shape index (κ2) is 8.91. The Kier molecular flexibility index (Phi) is 6.72. The van der Waals surface area contributed by atoms with Crippen molar-refractivity contribution >= 4 is 20.0 Å². The molecule has 158 valence electrons. The van der Waals surface area contributed by atoms with Gasteiger partial charge in [-0.25, -0.2) is 21.2 Å². The summed E-state index contributed by atoms with van der Waals surface area (Å²) in [7, 11) is -7.46. The molecule has 6 nitrogen and oxygen atoms in total. The van der Waals surface area contributed by atoms with Gasteiger partial charge in [0, 0.05) is 26.2 Å². The average Bonchev–Trinajstić information content (AvgIpc) is 2.73. The van der Waals surface area contributed by atoms with Crippen molar-refractivity contribution in [3.63, 3.8) is 0 Å². The second-order valence-corrected chi connectivity index (χ2v) is 10.9. The number of benzene rings is 2. The maximum atomic E-state index is 13.1. The van der Waals surface area contributed by atoms with E-state index in [1.807, 2.05) is 12.1 Å². The van der Waals surface area contributed by atoms with E-state index >= 15 is 0 Å². The number of hydrogen-bond donors (Lipinski definition) is 0. The molecule has 0 unspecified atom stereocenters. The Hall–Kier alpha value is -1.81. The van der Waals surface area contributed by atoms with Gasteiger partial charge >= 0.3 is 0 Å². The fraction of sp³-hybridized carbons (Fsp3) is 0.400. The first-order chi connectivity index (χ1) is 13.7. The lowest BCUT2D eigenvalue weighted by molar-refractivity contribution is 0.273. The van der Waals surface area contributed by atoms with Crippen LogP contribution in [0.15, 0.2) is 58.3 Å². The van der Waals surface area contributed by atoms with E-state index in [1.54, 1.807) is 12.1 Å². The molecular formula is C20H25FN2O4S2. The monoisotopic (exact) mass is 440 g/mol. The number of aryl methyl sites for hydroxylation is 1. The number of hydrogen-bond acceptors (Lipinski definition) is 4. The second-order valence-electron chi connectivity index (χ2n) is 7.01. The zero-order chi connectivity index (χ0) is 21.1. The molecule has 1 saturated heterocycles. The minimum absolute atomic E-state index is 0.00197. The van der Waals surface area contributed by atoms with E-state index in [-0.39, 0.29) is 36.0 Å². The van der Waals surface area contributed by atoms with E-state index in [4.69, 9.17) is 0 Å². The molecule has 2 aromatic carbocycles. The predicted molar refractivity (Wildman–Crippen MR) is 109 cm³/mol. The van der Waals surface area contributed by atoms with Gasteiger partial charge in [0.05, 0.1) is 9.79 Å². The lowest BCUT2D eigenvalue weighted by Gasteiger charge is -2.33. The molecular weight excluding hydrogens is 415 g/mol. The lowest BCUT2D eigenvalue weighted by Crippen LogP contribution is -2.50. The first kappa shape index (κ1) is 21.9. The van der Waals surface area contributed by atoms with Crippen LogP contribution in [0.5, 0.6) is 0 Å². The summed E-state index contributed by atoms with van der Waals surface area (Å²) in [5.41, 5.74) is 1.10. The summed E-state index contributed by atoms with van der Waals surface area (Å²) in [6.07, 6.45) is 3.04. The summed E-state index contributed by atoms with van der Waals surface area (Å²) in [6, 6.07) is 11.5. The molecule has 0 N–H and O–H groups in total. The van der Waals surface area contributed by atoms with Crippen molar-refractivity contribution in [1.82, 2.24) is 8.61 Å². The zero-order valence-corrected chi connectivity index (χ0v) is 17.9. The van der Waals surface area contributed by atoms with Crippen molar-refractivity contribution in [3.05, 3.63) is 59.9 Å². The number of sulfonamides is 2. The van der Waals surface area contributed by atoms with Crippen LogP contribution in [0.1, 0.15) is 25.3 Å². The first-order valence-electron chi connectivity index (χ1n) is 9.60. The number of unbranched alkanes of at least 4 members (excludes halogenated alkanes) is 1. The van der Waals surface area contributed by atoms with Gasteiger partial charge in [-0.2, -0.15) is 8.61 Å². The fourth-order valence-electron chi connectivity index (χ4n) is 3.26. The number of piperazine rings is 1. The SMILES string of the molecule is CCCCc1ccc(S(=O)(=O)N2CCN(S(=O)(=O)c3ccc(F)cc3)CC2)cc1. The highest BCUT2D eigenvalue weighted by Crippen LogP contribution is 2.22. The minimum Gasteiger partial charge on any atom is -0.207 e. The molecule has 0 spiro atoms. The normalized spacial score (nSPS) is 16.8. The van der Waals surface area contributed by atoms with E-state index in [9.17, 15) is 21.2 Å². The topological polar surface area (TPSA) is 74.8 Å². The maximum absolute atomic E-state index is 13.1. The zero-order valence-electron chi connectivity index (χ0n) is 16.3. The molecule has 0 aliphatic carbocycles. The number of nitrogens with zero attached hydrogens (tertiary/aromatic N) is 2. The molecule has 0 atom stereocenters. The van der Waals surface area contributed by atoms with Crippen LogP contribution < -0.4 is 0 Å². The van der Waals surface area contributed by atoms with Gasteiger partial charge < -0.3 is 0 Å². The van der Waals surface area contributed by atoms with Crippen molar-refractivity contribution in [3.8, 4) is 0 Å². The average molecular weight is 441 g/mol. The summed E-state index contributed by atoms with van der Waals surface area (Å²) in [5, 5.41) is 0. The van der Waals surface area contributed by atoms with Crippen LogP contribution in [0.2, 0.25) is 0 Å². The van der Waals surface area contributed by atoms with Crippen molar-refractivity contribution in [2.45, 2.75) is 36.0 Å². The Bertz CT molecular complexity index is 1030.